The number of imidazole rings is 2. The van der Waals surface area contributed by atoms with Crippen molar-refractivity contribution in [3.8, 4) is 11.5 Å². The van der Waals surface area contributed by atoms with Crippen molar-refractivity contribution in [3.63, 3.8) is 0 Å². The number of imide groups is 1. The first-order chi connectivity index (χ1) is 65.2. The van der Waals surface area contributed by atoms with Crippen molar-refractivity contribution in [1.29, 1.82) is 0 Å². The van der Waals surface area contributed by atoms with E-state index in [-0.39, 0.29) is 142 Å². The van der Waals surface area contributed by atoms with Crippen molar-refractivity contribution in [2.45, 2.75) is 113 Å². The number of nitrogens with zero attached hydrogens (tertiary/aromatic N) is 11. The summed E-state index contributed by atoms with van der Waals surface area (Å²) in [5.74, 6) is -5.59. The van der Waals surface area contributed by atoms with Gasteiger partial charge in [0.25, 0.3) is 23.6 Å². The Hall–Kier alpha value is -12.7. The number of fused-ring (bicyclic) bond motifs is 2. The van der Waals surface area contributed by atoms with E-state index in [0.29, 0.717) is 203 Å². The highest BCUT2D eigenvalue weighted by Crippen LogP contribution is 2.29. The lowest BCUT2D eigenvalue weighted by Crippen LogP contribution is -2.53. The molecule has 135 heavy (non-hydrogen) atoms. The molecule has 2 aliphatic rings. The first-order valence-corrected chi connectivity index (χ1v) is 44.9. The molecule has 45 nitrogen and oxygen atoms in total. The summed E-state index contributed by atoms with van der Waals surface area (Å²) in [6.45, 7) is 22.8. The second-order valence-electron chi connectivity index (χ2n) is 31.3. The van der Waals surface area contributed by atoms with E-state index in [0.717, 1.165) is 17.1 Å². The summed E-state index contributed by atoms with van der Waals surface area (Å²) in [5, 5.41) is 22.3. The molecule has 2 atom stereocenters. The largest absolute Gasteiger partial charge is 0.494 e. The van der Waals surface area contributed by atoms with Gasteiger partial charge in [-0.1, -0.05) is 38.1 Å². The lowest BCUT2D eigenvalue weighted by atomic mass is 10.0. The normalized spacial score (nSPS) is 13.7. The lowest BCUT2D eigenvalue weighted by molar-refractivity contribution is -0.141. The minimum absolute atomic E-state index is 0.00945. The summed E-state index contributed by atoms with van der Waals surface area (Å²) in [6.07, 6.45) is 6.00. The highest BCUT2D eigenvalue weighted by Gasteiger charge is 2.30. The van der Waals surface area contributed by atoms with Gasteiger partial charge >= 0.3 is 6.09 Å². The van der Waals surface area contributed by atoms with Crippen molar-refractivity contribution in [3.05, 3.63) is 136 Å². The van der Waals surface area contributed by atoms with Gasteiger partial charge in [0.05, 0.1) is 168 Å². The predicted molar refractivity (Wildman–Crippen MR) is 487 cm³/mol. The molecular formula is C90H126N20O25. The monoisotopic (exact) mass is 1890 g/mol. The van der Waals surface area contributed by atoms with Crippen LogP contribution in [0, 0.1) is 19.8 Å². The molecule has 6 heterocycles. The molecule has 7 aromatic rings. The molecule has 0 spiro atoms. The second-order valence-corrected chi connectivity index (χ2v) is 31.3. The maximum absolute atomic E-state index is 14.1. The maximum atomic E-state index is 14.1. The Bertz CT molecular complexity index is 5310. The third kappa shape index (κ3) is 34.6. The van der Waals surface area contributed by atoms with Crippen molar-refractivity contribution in [2.24, 2.45) is 27.4 Å². The number of aromatic amines is 2. The predicted octanol–water partition coefficient (Wildman–Crippen LogP) is 1.66. The van der Waals surface area contributed by atoms with Crippen LogP contribution in [0.1, 0.15) is 113 Å². The number of allylic oxidation sites excluding steroid dienone is 2. The van der Waals surface area contributed by atoms with Gasteiger partial charge in [-0.25, -0.2) is 4.79 Å². The number of aryl methyl sites for hydroxylation is 4. The molecule has 0 radical (unpaired) electrons. The van der Waals surface area contributed by atoms with Crippen LogP contribution in [-0.4, -0.2) is 335 Å². The highest BCUT2D eigenvalue weighted by molar-refractivity contribution is 6.14. The van der Waals surface area contributed by atoms with Gasteiger partial charge in [-0.2, -0.15) is 20.2 Å². The molecule has 12 amide bonds. The van der Waals surface area contributed by atoms with Crippen LogP contribution < -0.4 is 58.8 Å². The van der Waals surface area contributed by atoms with Crippen LogP contribution in [0.15, 0.2) is 95.0 Å². The molecule has 45 heteroatoms. The molecular weight excluding hydrogens is 1760 g/mol. The number of primary amides is 2. The number of piperazine rings is 1. The fourth-order valence-corrected chi connectivity index (χ4v) is 13.9. The van der Waals surface area contributed by atoms with Crippen LogP contribution in [0.3, 0.4) is 0 Å². The van der Waals surface area contributed by atoms with Gasteiger partial charge in [0.2, 0.25) is 52.6 Å². The number of aromatic nitrogens is 8. The van der Waals surface area contributed by atoms with E-state index in [9.17, 15) is 57.5 Å². The first kappa shape index (κ1) is 106. The number of hydrogen-bond acceptors (Lipinski definition) is 28. The zero-order valence-electron chi connectivity index (χ0n) is 77.8. The Balaban J connectivity index is 0.587. The van der Waals surface area contributed by atoms with E-state index >= 15 is 0 Å². The second kappa shape index (κ2) is 56.5. The summed E-state index contributed by atoms with van der Waals surface area (Å²) >= 11 is 0. The summed E-state index contributed by atoms with van der Waals surface area (Å²) < 4.78 is 79.7. The van der Waals surface area contributed by atoms with Gasteiger partial charge in [-0.15, -0.1) is 0 Å². The van der Waals surface area contributed by atoms with E-state index in [1.165, 1.54) is 20.1 Å². The van der Waals surface area contributed by atoms with Crippen molar-refractivity contribution < 1.29 is 119 Å². The average Bonchev–Trinajstić information content (AvgIpc) is 1.62. The fourth-order valence-electron chi connectivity index (χ4n) is 13.9. The number of methoxy groups -OCH3 is 1. The molecule has 3 aromatic carbocycles. The number of nitrogens with two attached hydrogens (primary N) is 2. The van der Waals surface area contributed by atoms with Gasteiger partial charge in [0.15, 0.2) is 0 Å². The molecule has 0 saturated carbocycles. The third-order valence-electron chi connectivity index (χ3n) is 20.9. The SMILES string of the molecule is CCn1nc(C)cc1C(=O)N=c1[nH]c2cc(C(N)=O)cc(OC)c2n1C/C=C/Cn1c(=NC(=O)c2cc(C)nn2CC)[nH]c2cc(C(N)=O)cc(OCCCN3CCN(C(=O)OCc4ccc(NC(=O)[C@H](C)NC(=O)[C@@H](NC(=O)CCOCCOCCOCCOCCOCCOCCOCCOCCOCCOCCC(=O)NCCNC(=O)CN5C(=O)C=CC5=O)C(C)C)cc4)CC3)c21. The topological polar surface area (TPSA) is 549 Å². The zero-order valence-corrected chi connectivity index (χ0v) is 77.8. The molecule has 2 aliphatic heterocycles. The van der Waals surface area contributed by atoms with Gasteiger partial charge in [-0.3, -0.25) is 71.9 Å². The average molecular weight is 1890 g/mol. The molecule has 0 aliphatic carbocycles. The molecule has 11 N–H and O–H groups in total. The van der Waals surface area contributed by atoms with E-state index < -0.39 is 77.2 Å². The van der Waals surface area contributed by atoms with E-state index in [1.807, 2.05) is 26.0 Å². The molecule has 1 saturated heterocycles. The number of ether oxygens (including phenoxy) is 13. The van der Waals surface area contributed by atoms with Gasteiger partial charge in [0.1, 0.15) is 59.2 Å². The Morgan fingerprint density at radius 1 is 0.519 bits per heavy atom. The number of anilines is 1. The Morgan fingerprint density at radius 3 is 1.39 bits per heavy atom. The van der Waals surface area contributed by atoms with Gasteiger partial charge < -0.3 is 124 Å². The number of hydrogen-bond donors (Lipinski definition) is 9. The number of carbonyl (C=O) groups excluding carboxylic acids is 12. The van der Waals surface area contributed by atoms with Gasteiger partial charge in [0, 0.05) is 114 Å². The molecule has 4 aromatic heterocycles. The molecule has 9 rings (SSSR count). The van der Waals surface area contributed by atoms with Crippen molar-refractivity contribution >= 4 is 98.8 Å². The lowest BCUT2D eigenvalue weighted by Gasteiger charge is -2.34. The summed E-state index contributed by atoms with van der Waals surface area (Å²) in [6, 6.07) is 14.3. The van der Waals surface area contributed by atoms with E-state index in [1.54, 1.807) is 106 Å². The van der Waals surface area contributed by atoms with Crippen molar-refractivity contribution in [2.75, 3.05) is 204 Å². The van der Waals surface area contributed by atoms with E-state index in [4.69, 9.17) is 73.0 Å². The standard InChI is InChI=1S/C90H126N20O25/c1-9-109-70(52-61(5)102-109)85(119)100-88-97-68-54-65(82(91)116)56-72(123-8)80(68)106(88)25-11-12-26-107-81-69(98-89(107)101-86(120)71-53-62(6)103-110(71)10-2)55-66(83(92)117)57-73(81)134-31-13-24-104-27-29-105(30-28-104)90(122)135-59-64-14-16-67(17-15-64)96-84(118)63(7)95-87(121)79(60(3)4)99-75(112)21-33-125-35-37-127-39-41-129-43-45-131-47-49-133-51-50-132-48-46-130-44-42-128-40-38-126-36-34-124-32-20-74(111)93-22-23-94-76(113)58-108-77(114)18-19-78(108)115/h11-12,14-19,52-57,60,63,79H,9-10,13,20-51,58-59H2,1-8H3,(H2,91,116)(H2,92,117)(H,93,111)(H,94,113)(H,95,121)(H,96,118)(H,99,112)(H,97,100,119)(H,98,101,120)/b12-11+/t63-,79-/m0/s1. The quantitative estimate of drug-likeness (QED) is 0.0149. The Morgan fingerprint density at radius 2 is 0.948 bits per heavy atom. The maximum Gasteiger partial charge on any atom is 0.410 e. The van der Waals surface area contributed by atoms with Crippen LogP contribution in [0.25, 0.3) is 22.1 Å². The Labute approximate surface area is 779 Å². The number of rotatable bonds is 62. The summed E-state index contributed by atoms with van der Waals surface area (Å²) in [7, 11) is 1.45. The minimum atomic E-state index is -0.975. The smallest absolute Gasteiger partial charge is 0.410 e. The third-order valence-corrected chi connectivity index (χ3v) is 20.9. The van der Waals surface area contributed by atoms with Crippen LogP contribution in [0.2, 0.25) is 0 Å². The minimum Gasteiger partial charge on any atom is -0.494 e. The fraction of sp³-hybridized carbons (Fsp3) is 0.533. The van der Waals surface area contributed by atoms with E-state index in [2.05, 4.69) is 61.6 Å². The molecule has 0 unspecified atom stereocenters. The summed E-state index contributed by atoms with van der Waals surface area (Å²) in [5.41, 5.74) is 16.8. The summed E-state index contributed by atoms with van der Waals surface area (Å²) in [4.78, 5) is 173. The van der Waals surface area contributed by atoms with Crippen LogP contribution >= 0.6 is 0 Å². The number of benzene rings is 3. The van der Waals surface area contributed by atoms with Crippen LogP contribution in [0.5, 0.6) is 11.5 Å². The van der Waals surface area contributed by atoms with Crippen LogP contribution in [0.4, 0.5) is 10.5 Å². The van der Waals surface area contributed by atoms with Gasteiger partial charge in [-0.05, 0) is 101 Å². The number of nitrogens with one attached hydrogen (secondary N) is 7. The number of carbonyl (C=O) groups is 12. The number of H-pyrrole nitrogens is 2. The first-order valence-electron chi connectivity index (χ1n) is 44.9. The molecule has 1 fully saturated rings. The zero-order chi connectivity index (χ0) is 97.0. The Kier molecular flexibility index (Phi) is 44.3. The number of amides is 12. The van der Waals surface area contributed by atoms with Crippen LogP contribution in [-0.2, 0) is 118 Å². The molecule has 0 bridgehead atoms. The molecule has 736 valence electrons. The highest BCUT2D eigenvalue weighted by atomic mass is 16.6. The van der Waals surface area contributed by atoms with Crippen molar-refractivity contribution in [1.82, 2.24) is 74.6 Å².